The maximum absolute atomic E-state index is 7.81. The van der Waals surface area contributed by atoms with Crippen LogP contribution >= 0.6 is 0 Å². The van der Waals surface area contributed by atoms with E-state index in [1.807, 2.05) is 24.3 Å². The van der Waals surface area contributed by atoms with Gasteiger partial charge in [0.25, 0.3) is 5.82 Å². The lowest BCUT2D eigenvalue weighted by Crippen LogP contribution is -2.29. The topological polar surface area (TPSA) is 26.3 Å². The number of fused-ring (bicyclic) bond motifs is 3. The first-order chi connectivity index (χ1) is 15.7. The van der Waals surface area contributed by atoms with Crippen molar-refractivity contribution in [3.63, 3.8) is 0 Å². The van der Waals surface area contributed by atoms with Gasteiger partial charge in [0.05, 0.1) is 20.7 Å². The minimum Gasteiger partial charge on any atom is -0.456 e. The lowest BCUT2D eigenvalue weighted by molar-refractivity contribution is -0.659. The van der Waals surface area contributed by atoms with Gasteiger partial charge in [-0.05, 0) is 40.7 Å². The van der Waals surface area contributed by atoms with Crippen LogP contribution in [0.5, 0.6) is 0 Å². The van der Waals surface area contributed by atoms with Crippen LogP contribution in [0, 0.1) is 13.5 Å². The van der Waals surface area contributed by atoms with Gasteiger partial charge in [0.1, 0.15) is 23.5 Å². The van der Waals surface area contributed by atoms with E-state index in [-0.39, 0.29) is 5.41 Å². The average Bonchev–Trinajstić information content (AvgIpc) is 3.31. The fourth-order valence-corrected chi connectivity index (χ4v) is 4.87. The number of aromatic nitrogens is 2. The Bertz CT molecular complexity index is 1550. The number of nitrogens with zero attached hydrogens (tertiary/aromatic N) is 3. The third kappa shape index (κ3) is 3.24. The highest BCUT2D eigenvalue weighted by molar-refractivity contribution is 6.14. The second kappa shape index (κ2) is 7.35. The zero-order chi connectivity index (χ0) is 23.5. The Balaban J connectivity index is 1.98. The maximum Gasteiger partial charge on any atom is 0.292 e. The quantitative estimate of drug-likeness (QED) is 0.212. The van der Waals surface area contributed by atoms with Crippen LogP contribution in [0.15, 0.2) is 65.3 Å². The molecule has 0 saturated heterocycles. The molecule has 0 aliphatic heterocycles. The first kappa shape index (κ1) is 21.0. The van der Waals surface area contributed by atoms with Crippen molar-refractivity contribution < 1.29 is 8.98 Å². The molecule has 0 N–H and O–H groups in total. The SMILES string of the molecule is [C-]#[N+]c1cc2oc3c(-c4n(C)cc[n+]4C)c(C)cc(C(C)(C)C)c3c2cc1-c1ccccc1. The molecule has 0 aliphatic rings. The summed E-state index contributed by atoms with van der Waals surface area (Å²) >= 11 is 0. The molecule has 0 radical (unpaired) electrons. The van der Waals surface area contributed by atoms with Gasteiger partial charge < -0.3 is 4.42 Å². The van der Waals surface area contributed by atoms with Gasteiger partial charge in [-0.15, -0.1) is 0 Å². The molecule has 4 nitrogen and oxygen atoms in total. The number of rotatable bonds is 2. The van der Waals surface area contributed by atoms with E-state index in [9.17, 15) is 0 Å². The number of furan rings is 1. The molecule has 5 aromatic rings. The molecule has 4 heteroatoms. The Kier molecular flexibility index (Phi) is 4.68. The molecule has 0 saturated carbocycles. The molecule has 3 aromatic carbocycles. The van der Waals surface area contributed by atoms with Crippen molar-refractivity contribution in [1.29, 1.82) is 0 Å². The van der Waals surface area contributed by atoms with Crippen LogP contribution in [-0.2, 0) is 19.5 Å². The summed E-state index contributed by atoms with van der Waals surface area (Å²) in [6, 6.07) is 16.5. The van der Waals surface area contributed by atoms with E-state index in [1.54, 1.807) is 0 Å². The lowest BCUT2D eigenvalue weighted by Gasteiger charge is -2.22. The predicted octanol–water partition coefficient (Wildman–Crippen LogP) is 7.24. The van der Waals surface area contributed by atoms with E-state index in [0.717, 1.165) is 44.5 Å². The molecular weight excluding hydrogens is 406 g/mol. The summed E-state index contributed by atoms with van der Waals surface area (Å²) in [5.41, 5.74) is 7.67. The number of hydrogen-bond donors (Lipinski definition) is 0. The standard InChI is InChI=1S/C29H28N3O/c1-18-15-22(29(2,3)4)26-21-16-20(19-11-9-8-10-12-19)23(30-5)17-24(21)33-27(26)25(18)28-31(6)13-14-32(28)7/h8-17H,1-4,6-7H3/q+1. The van der Waals surface area contributed by atoms with Crippen LogP contribution in [0.2, 0.25) is 0 Å². The van der Waals surface area contributed by atoms with Crippen LogP contribution in [0.25, 0.3) is 49.3 Å². The van der Waals surface area contributed by atoms with Crippen LogP contribution in [0.1, 0.15) is 31.9 Å². The Morgan fingerprint density at radius 3 is 2.39 bits per heavy atom. The zero-order valence-electron chi connectivity index (χ0n) is 20.0. The summed E-state index contributed by atoms with van der Waals surface area (Å²) in [7, 11) is 4.12. The van der Waals surface area contributed by atoms with Gasteiger partial charge >= 0.3 is 0 Å². The van der Waals surface area contributed by atoms with E-state index in [4.69, 9.17) is 11.0 Å². The molecule has 2 heterocycles. The number of hydrogen-bond acceptors (Lipinski definition) is 1. The van der Waals surface area contributed by atoms with Crippen LogP contribution < -0.4 is 4.57 Å². The summed E-state index contributed by atoms with van der Waals surface area (Å²) in [6.45, 7) is 16.7. The van der Waals surface area contributed by atoms with Crippen LogP contribution in [-0.4, -0.2) is 4.57 Å². The minimum absolute atomic E-state index is 0.0693. The van der Waals surface area contributed by atoms with Crippen molar-refractivity contribution in [3.8, 4) is 22.5 Å². The minimum atomic E-state index is -0.0693. The summed E-state index contributed by atoms with van der Waals surface area (Å²) in [5.74, 6) is 1.09. The normalized spacial score (nSPS) is 11.9. The van der Waals surface area contributed by atoms with Crippen LogP contribution in [0.3, 0.4) is 0 Å². The molecule has 0 spiro atoms. The zero-order valence-corrected chi connectivity index (χ0v) is 20.0. The molecule has 0 bridgehead atoms. The van der Waals surface area contributed by atoms with Crippen molar-refractivity contribution in [2.24, 2.45) is 14.1 Å². The van der Waals surface area contributed by atoms with Crippen molar-refractivity contribution in [2.45, 2.75) is 33.1 Å². The Hall–Kier alpha value is -3.84. The van der Waals surface area contributed by atoms with Gasteiger partial charge in [-0.1, -0.05) is 63.2 Å². The lowest BCUT2D eigenvalue weighted by atomic mass is 9.81. The monoisotopic (exact) mass is 434 g/mol. The van der Waals surface area contributed by atoms with E-state index in [0.29, 0.717) is 5.69 Å². The van der Waals surface area contributed by atoms with Crippen molar-refractivity contribution >= 4 is 27.6 Å². The second-order valence-electron chi connectivity index (χ2n) is 9.86. The number of aryl methyl sites for hydroxylation is 3. The fourth-order valence-electron chi connectivity index (χ4n) is 4.87. The van der Waals surface area contributed by atoms with Gasteiger partial charge in [0.15, 0.2) is 11.3 Å². The first-order valence-electron chi connectivity index (χ1n) is 11.2. The molecule has 5 rings (SSSR count). The number of benzene rings is 3. The van der Waals surface area contributed by atoms with Crippen molar-refractivity contribution in [3.05, 3.63) is 83.5 Å². The van der Waals surface area contributed by atoms with Gasteiger partial charge in [-0.3, -0.25) is 0 Å². The van der Waals surface area contributed by atoms with Crippen LogP contribution in [0.4, 0.5) is 5.69 Å². The highest BCUT2D eigenvalue weighted by atomic mass is 16.3. The molecule has 0 amide bonds. The van der Waals surface area contributed by atoms with Crippen molar-refractivity contribution in [1.82, 2.24) is 4.57 Å². The molecule has 0 aliphatic carbocycles. The first-order valence-corrected chi connectivity index (χ1v) is 11.2. The third-order valence-corrected chi connectivity index (χ3v) is 6.48. The molecule has 164 valence electrons. The van der Waals surface area contributed by atoms with E-state index in [2.05, 4.69) is 92.4 Å². The summed E-state index contributed by atoms with van der Waals surface area (Å²) in [4.78, 5) is 3.84. The third-order valence-electron chi connectivity index (χ3n) is 6.48. The Labute approximate surface area is 194 Å². The van der Waals surface area contributed by atoms with Crippen molar-refractivity contribution in [2.75, 3.05) is 0 Å². The fraction of sp³-hybridized carbons (Fsp3) is 0.241. The number of imidazole rings is 1. The smallest absolute Gasteiger partial charge is 0.292 e. The van der Waals surface area contributed by atoms with Gasteiger partial charge in [0.2, 0.25) is 0 Å². The predicted molar refractivity (Wildman–Crippen MR) is 134 cm³/mol. The molecule has 0 unspecified atom stereocenters. The molecule has 33 heavy (non-hydrogen) atoms. The summed E-state index contributed by atoms with van der Waals surface area (Å²) in [5, 5.41) is 2.19. The highest BCUT2D eigenvalue weighted by Crippen LogP contribution is 2.45. The molecule has 0 fully saturated rings. The molecule has 0 atom stereocenters. The highest BCUT2D eigenvalue weighted by Gasteiger charge is 2.29. The Morgan fingerprint density at radius 2 is 1.79 bits per heavy atom. The Morgan fingerprint density at radius 1 is 1.06 bits per heavy atom. The second-order valence-corrected chi connectivity index (χ2v) is 9.86. The summed E-state index contributed by atoms with van der Waals surface area (Å²) < 4.78 is 10.9. The maximum atomic E-state index is 7.81. The van der Waals surface area contributed by atoms with Gasteiger partial charge in [0, 0.05) is 10.8 Å². The van der Waals surface area contributed by atoms with E-state index >= 15 is 0 Å². The van der Waals surface area contributed by atoms with Gasteiger partial charge in [-0.2, -0.15) is 0 Å². The van der Waals surface area contributed by atoms with Gasteiger partial charge in [-0.25, -0.2) is 14.0 Å². The average molecular weight is 435 g/mol. The largest absolute Gasteiger partial charge is 0.456 e. The molecule has 2 aromatic heterocycles. The molecular formula is C29H28N3O+. The van der Waals surface area contributed by atoms with E-state index < -0.39 is 0 Å². The van der Waals surface area contributed by atoms with E-state index in [1.165, 1.54) is 11.1 Å². The summed E-state index contributed by atoms with van der Waals surface area (Å²) in [6.07, 6.45) is 4.12.